The van der Waals surface area contributed by atoms with E-state index in [4.69, 9.17) is 9.47 Å². The molecule has 2 heterocycles. The highest BCUT2D eigenvalue weighted by Crippen LogP contribution is 2.29. The van der Waals surface area contributed by atoms with E-state index in [1.807, 2.05) is 23.1 Å². The second kappa shape index (κ2) is 5.93. The predicted octanol–water partition coefficient (Wildman–Crippen LogP) is 1.21. The van der Waals surface area contributed by atoms with Crippen LogP contribution in [-0.2, 0) is 11.2 Å². The highest BCUT2D eigenvalue weighted by molar-refractivity contribution is 5.80. The first-order valence-corrected chi connectivity index (χ1v) is 7.46. The van der Waals surface area contributed by atoms with E-state index in [0.717, 1.165) is 43.0 Å². The lowest BCUT2D eigenvalue weighted by atomic mass is 10.1. The summed E-state index contributed by atoms with van der Waals surface area (Å²) in [6.45, 7) is 1.80. The Labute approximate surface area is 125 Å². The van der Waals surface area contributed by atoms with E-state index < -0.39 is 0 Å². The van der Waals surface area contributed by atoms with Crippen LogP contribution in [0.5, 0.6) is 11.5 Å². The van der Waals surface area contributed by atoms with Crippen LogP contribution in [0.1, 0.15) is 18.4 Å². The van der Waals surface area contributed by atoms with Crippen LogP contribution >= 0.6 is 0 Å². The maximum Gasteiger partial charge on any atom is 0.224 e. The first-order chi connectivity index (χ1) is 10.2. The van der Waals surface area contributed by atoms with Gasteiger partial charge in [-0.3, -0.25) is 4.79 Å². The Morgan fingerprint density at radius 1 is 1.29 bits per heavy atom. The number of benzene rings is 1. The number of carbonyl (C=O) groups is 1. The molecule has 5 heteroatoms. The first-order valence-electron chi connectivity index (χ1n) is 7.46. The summed E-state index contributed by atoms with van der Waals surface area (Å²) in [6, 6.07) is 6.69. The molecule has 2 aliphatic heterocycles. The fourth-order valence-corrected chi connectivity index (χ4v) is 3.40. The molecule has 1 amide bonds. The van der Waals surface area contributed by atoms with Gasteiger partial charge in [-0.1, -0.05) is 6.07 Å². The molecule has 1 aromatic rings. The normalized spacial score (nSPS) is 24.3. The molecule has 5 nitrogen and oxygen atoms in total. The third-order valence-corrected chi connectivity index (χ3v) is 4.52. The highest BCUT2D eigenvalue weighted by atomic mass is 16.5. The fraction of sp³-hybridized carbons (Fsp3) is 0.562. The molecule has 2 atom stereocenters. The van der Waals surface area contributed by atoms with Crippen LogP contribution in [0.2, 0.25) is 0 Å². The minimum Gasteiger partial charge on any atom is -0.493 e. The van der Waals surface area contributed by atoms with Crippen LogP contribution in [0.3, 0.4) is 0 Å². The summed E-state index contributed by atoms with van der Waals surface area (Å²) < 4.78 is 10.6. The number of nitrogens with one attached hydrogen (secondary N) is 1. The van der Waals surface area contributed by atoms with Crippen molar-refractivity contribution in [1.29, 1.82) is 0 Å². The highest BCUT2D eigenvalue weighted by Gasteiger charge is 2.41. The summed E-state index contributed by atoms with van der Waals surface area (Å²) in [6.07, 6.45) is 2.56. The third-order valence-electron chi connectivity index (χ3n) is 4.52. The number of likely N-dealkylation sites (tertiary alicyclic amines) is 1. The number of rotatable bonds is 5. The van der Waals surface area contributed by atoms with Gasteiger partial charge in [0.05, 0.1) is 14.2 Å². The Kier molecular flexibility index (Phi) is 4.01. The summed E-state index contributed by atoms with van der Waals surface area (Å²) in [7, 11) is 3.27. The molecule has 3 rings (SSSR count). The van der Waals surface area contributed by atoms with E-state index in [-0.39, 0.29) is 5.91 Å². The molecule has 2 saturated heterocycles. The van der Waals surface area contributed by atoms with Crippen molar-refractivity contribution < 1.29 is 14.3 Å². The molecule has 2 fully saturated rings. The van der Waals surface area contributed by atoms with Gasteiger partial charge in [-0.25, -0.2) is 0 Å². The van der Waals surface area contributed by atoms with E-state index in [9.17, 15) is 4.79 Å². The van der Waals surface area contributed by atoms with Gasteiger partial charge < -0.3 is 19.7 Å². The molecule has 21 heavy (non-hydrogen) atoms. The second-order valence-electron chi connectivity index (χ2n) is 5.65. The van der Waals surface area contributed by atoms with Crippen molar-refractivity contribution in [2.24, 2.45) is 0 Å². The number of amides is 1. The van der Waals surface area contributed by atoms with Gasteiger partial charge in [-0.15, -0.1) is 0 Å². The minimum atomic E-state index is 0.276. The van der Waals surface area contributed by atoms with Crippen molar-refractivity contribution in [1.82, 2.24) is 10.2 Å². The van der Waals surface area contributed by atoms with Crippen molar-refractivity contribution in [2.45, 2.75) is 31.3 Å². The van der Waals surface area contributed by atoms with Gasteiger partial charge in [0.15, 0.2) is 11.5 Å². The molecule has 2 aliphatic rings. The quantitative estimate of drug-likeness (QED) is 0.885. The number of hydrogen-bond acceptors (Lipinski definition) is 4. The van der Waals surface area contributed by atoms with E-state index in [2.05, 4.69) is 5.32 Å². The topological polar surface area (TPSA) is 50.8 Å². The minimum absolute atomic E-state index is 0.276. The molecular weight excluding hydrogens is 268 g/mol. The van der Waals surface area contributed by atoms with Crippen molar-refractivity contribution in [3.8, 4) is 11.5 Å². The fourth-order valence-electron chi connectivity index (χ4n) is 3.40. The Morgan fingerprint density at radius 3 is 2.86 bits per heavy atom. The molecule has 0 aromatic heterocycles. The summed E-state index contributed by atoms with van der Waals surface area (Å²) in [5.41, 5.74) is 1.16. The Hall–Kier alpha value is -1.75. The molecule has 1 N–H and O–H groups in total. The first kappa shape index (κ1) is 14.2. The van der Waals surface area contributed by atoms with E-state index in [0.29, 0.717) is 18.5 Å². The number of methoxy groups -OCH3 is 2. The lowest BCUT2D eigenvalue weighted by molar-refractivity contribution is -0.129. The largest absolute Gasteiger partial charge is 0.493 e. The molecular formula is C16H22N2O3. The molecule has 0 spiro atoms. The predicted molar refractivity (Wildman–Crippen MR) is 79.8 cm³/mol. The number of hydrogen-bond donors (Lipinski definition) is 1. The van der Waals surface area contributed by atoms with Gasteiger partial charge in [0.2, 0.25) is 5.91 Å². The SMILES string of the molecule is COc1ccc(CCN2C(=O)C[C@H]3NCC[C@H]32)cc1OC. The van der Waals surface area contributed by atoms with Crippen molar-refractivity contribution in [3.63, 3.8) is 0 Å². The molecule has 0 bridgehead atoms. The molecule has 0 radical (unpaired) electrons. The Morgan fingerprint density at radius 2 is 2.10 bits per heavy atom. The maximum atomic E-state index is 12.1. The lowest BCUT2D eigenvalue weighted by Gasteiger charge is -2.23. The van der Waals surface area contributed by atoms with Crippen molar-refractivity contribution >= 4 is 5.91 Å². The molecule has 1 aromatic carbocycles. The van der Waals surface area contributed by atoms with Crippen LogP contribution in [0.4, 0.5) is 0 Å². The zero-order valence-corrected chi connectivity index (χ0v) is 12.6. The van der Waals surface area contributed by atoms with Crippen LogP contribution in [0.25, 0.3) is 0 Å². The summed E-state index contributed by atoms with van der Waals surface area (Å²) >= 11 is 0. The van der Waals surface area contributed by atoms with Gasteiger partial charge in [0.25, 0.3) is 0 Å². The number of carbonyl (C=O) groups excluding carboxylic acids is 1. The molecule has 0 aliphatic carbocycles. The van der Waals surface area contributed by atoms with E-state index >= 15 is 0 Å². The smallest absolute Gasteiger partial charge is 0.224 e. The van der Waals surface area contributed by atoms with Crippen molar-refractivity contribution in [2.75, 3.05) is 27.3 Å². The van der Waals surface area contributed by atoms with Crippen LogP contribution < -0.4 is 14.8 Å². The van der Waals surface area contributed by atoms with E-state index in [1.54, 1.807) is 14.2 Å². The standard InChI is InChI=1S/C16H22N2O3/c1-20-14-4-3-11(9-15(14)21-2)6-8-18-13-5-7-17-12(13)10-16(18)19/h3-4,9,12-13,17H,5-8,10H2,1-2H3/t12-,13-/m1/s1. The average Bonchev–Trinajstić information content (AvgIpc) is 3.05. The van der Waals surface area contributed by atoms with Gasteiger partial charge in [0, 0.05) is 25.0 Å². The van der Waals surface area contributed by atoms with Crippen LogP contribution in [0, 0.1) is 0 Å². The molecule has 0 unspecified atom stereocenters. The maximum absolute atomic E-state index is 12.1. The van der Waals surface area contributed by atoms with Gasteiger partial charge in [0.1, 0.15) is 0 Å². The molecule has 0 saturated carbocycles. The van der Waals surface area contributed by atoms with Crippen LogP contribution in [-0.4, -0.2) is 50.2 Å². The van der Waals surface area contributed by atoms with E-state index in [1.165, 1.54) is 0 Å². The second-order valence-corrected chi connectivity index (χ2v) is 5.65. The van der Waals surface area contributed by atoms with Gasteiger partial charge >= 0.3 is 0 Å². The Bertz CT molecular complexity index is 532. The lowest BCUT2D eigenvalue weighted by Crippen LogP contribution is -2.37. The Balaban J connectivity index is 1.66. The summed E-state index contributed by atoms with van der Waals surface area (Å²) in [5, 5.41) is 3.41. The van der Waals surface area contributed by atoms with Crippen LogP contribution in [0.15, 0.2) is 18.2 Å². The number of nitrogens with zero attached hydrogens (tertiary/aromatic N) is 1. The number of fused-ring (bicyclic) bond motifs is 1. The number of ether oxygens (including phenoxy) is 2. The zero-order chi connectivity index (χ0) is 14.8. The summed E-state index contributed by atoms with van der Waals surface area (Å²) in [5.74, 6) is 1.75. The van der Waals surface area contributed by atoms with Gasteiger partial charge in [-0.05, 0) is 37.1 Å². The zero-order valence-electron chi connectivity index (χ0n) is 12.6. The summed E-state index contributed by atoms with van der Waals surface area (Å²) in [4.78, 5) is 14.1. The molecule has 114 valence electrons. The average molecular weight is 290 g/mol. The van der Waals surface area contributed by atoms with Gasteiger partial charge in [-0.2, -0.15) is 0 Å². The third kappa shape index (κ3) is 2.70. The monoisotopic (exact) mass is 290 g/mol. The van der Waals surface area contributed by atoms with Crippen molar-refractivity contribution in [3.05, 3.63) is 23.8 Å².